The Bertz CT molecular complexity index is 1100. The van der Waals surface area contributed by atoms with Crippen molar-refractivity contribution in [2.75, 3.05) is 22.4 Å². The van der Waals surface area contributed by atoms with Crippen molar-refractivity contribution < 1.29 is 13.2 Å². The fourth-order valence-electron chi connectivity index (χ4n) is 2.39. The van der Waals surface area contributed by atoms with Crippen LogP contribution in [0.25, 0.3) is 0 Å². The molecule has 3 aromatic rings. The average Bonchev–Trinajstić information content (AvgIpc) is 3.14. The lowest BCUT2D eigenvalue weighted by atomic mass is 10.2. The zero-order valence-corrected chi connectivity index (χ0v) is 18.7. The van der Waals surface area contributed by atoms with Crippen LogP contribution in [0, 0.1) is 6.92 Å². The summed E-state index contributed by atoms with van der Waals surface area (Å²) >= 11 is 8.55. The molecule has 7 nitrogen and oxygen atoms in total. The van der Waals surface area contributed by atoms with Crippen molar-refractivity contribution in [3.63, 3.8) is 0 Å². The van der Waals surface area contributed by atoms with Gasteiger partial charge in [0.25, 0.3) is 10.0 Å². The molecule has 11 heteroatoms. The van der Waals surface area contributed by atoms with E-state index in [4.69, 9.17) is 11.6 Å². The van der Waals surface area contributed by atoms with Crippen molar-refractivity contribution in [3.8, 4) is 0 Å². The van der Waals surface area contributed by atoms with Gasteiger partial charge in [0.15, 0.2) is 4.34 Å². The van der Waals surface area contributed by atoms with Gasteiger partial charge in [-0.15, -0.1) is 10.2 Å². The summed E-state index contributed by atoms with van der Waals surface area (Å²) < 4.78 is 28.2. The van der Waals surface area contributed by atoms with Crippen molar-refractivity contribution in [3.05, 3.63) is 59.1 Å². The minimum atomic E-state index is -3.98. The van der Waals surface area contributed by atoms with Gasteiger partial charge in [0, 0.05) is 5.02 Å². The number of amides is 1. The third-order valence-electron chi connectivity index (χ3n) is 3.84. The number of rotatable bonds is 7. The Morgan fingerprint density at radius 1 is 1.14 bits per heavy atom. The molecule has 2 aromatic carbocycles. The summed E-state index contributed by atoms with van der Waals surface area (Å²) in [4.78, 5) is 12.7. The molecule has 0 saturated carbocycles. The number of nitrogens with one attached hydrogen (secondary N) is 1. The summed E-state index contributed by atoms with van der Waals surface area (Å²) in [5.74, 6) is -0.528. The van der Waals surface area contributed by atoms with Crippen LogP contribution in [0.4, 0.5) is 10.8 Å². The fraction of sp³-hybridized carbons (Fsp3) is 0.167. The van der Waals surface area contributed by atoms with Crippen LogP contribution in [0.15, 0.2) is 57.8 Å². The van der Waals surface area contributed by atoms with E-state index in [0.717, 1.165) is 9.87 Å². The highest BCUT2D eigenvalue weighted by atomic mass is 35.5. The number of carbonyl (C=O) groups excluding carboxylic acids is 1. The first-order chi connectivity index (χ1) is 13.8. The number of nitrogens with zero attached hydrogens (tertiary/aromatic N) is 3. The van der Waals surface area contributed by atoms with Crippen LogP contribution in [0.3, 0.4) is 0 Å². The molecular formula is C18H17ClN4O3S3. The first kappa shape index (κ1) is 21.6. The van der Waals surface area contributed by atoms with Gasteiger partial charge in [0.2, 0.25) is 11.0 Å². The SMILES string of the molecule is CSc1nnc(NC(=O)CN(c2ccc(Cl)cc2)S(=O)(=O)c2ccc(C)cc2)s1. The predicted octanol–water partition coefficient (Wildman–Crippen LogP) is 4.06. The molecule has 0 aliphatic carbocycles. The molecule has 0 radical (unpaired) electrons. The zero-order valence-electron chi connectivity index (χ0n) is 15.5. The van der Waals surface area contributed by atoms with Crippen LogP contribution in [0.1, 0.15) is 5.56 Å². The summed E-state index contributed by atoms with van der Waals surface area (Å²) in [6.07, 6.45) is 1.85. The van der Waals surface area contributed by atoms with E-state index in [-0.39, 0.29) is 4.90 Å². The van der Waals surface area contributed by atoms with Gasteiger partial charge in [-0.25, -0.2) is 8.42 Å². The number of hydrogen-bond donors (Lipinski definition) is 1. The molecule has 29 heavy (non-hydrogen) atoms. The van der Waals surface area contributed by atoms with Crippen LogP contribution < -0.4 is 9.62 Å². The number of hydrogen-bond acceptors (Lipinski definition) is 7. The first-order valence-electron chi connectivity index (χ1n) is 8.32. The van der Waals surface area contributed by atoms with Crippen molar-refractivity contribution in [1.82, 2.24) is 10.2 Å². The maximum atomic E-state index is 13.3. The number of anilines is 2. The number of sulfonamides is 1. The molecule has 152 valence electrons. The van der Waals surface area contributed by atoms with Crippen LogP contribution in [-0.2, 0) is 14.8 Å². The second kappa shape index (κ2) is 9.12. The highest BCUT2D eigenvalue weighted by Crippen LogP contribution is 2.26. The Kier molecular flexibility index (Phi) is 6.78. The maximum absolute atomic E-state index is 13.3. The van der Waals surface area contributed by atoms with Gasteiger partial charge in [-0.2, -0.15) is 0 Å². The van der Waals surface area contributed by atoms with Crippen molar-refractivity contribution in [1.29, 1.82) is 0 Å². The number of benzene rings is 2. The van der Waals surface area contributed by atoms with Gasteiger partial charge in [0.05, 0.1) is 10.6 Å². The molecule has 1 aromatic heterocycles. The summed E-state index contributed by atoms with van der Waals surface area (Å²) in [5, 5.41) is 11.2. The standard InChI is InChI=1S/C18H17ClN4O3S3/c1-12-3-9-15(10-4-12)29(25,26)23(14-7-5-13(19)6-8-14)11-16(24)20-17-21-22-18(27-2)28-17/h3-10H,11H2,1-2H3,(H,20,21,24). The number of thioether (sulfide) groups is 1. The smallest absolute Gasteiger partial charge is 0.264 e. The molecule has 0 saturated heterocycles. The molecule has 0 bridgehead atoms. The van der Waals surface area contributed by atoms with Crippen LogP contribution in [-0.4, -0.2) is 37.3 Å². The number of aryl methyl sites for hydroxylation is 1. The number of aromatic nitrogens is 2. The minimum absolute atomic E-state index is 0.0893. The minimum Gasteiger partial charge on any atom is -0.299 e. The lowest BCUT2D eigenvalue weighted by Gasteiger charge is -2.24. The van der Waals surface area contributed by atoms with Crippen LogP contribution in [0.5, 0.6) is 0 Å². The average molecular weight is 469 g/mol. The monoisotopic (exact) mass is 468 g/mol. The van der Waals surface area contributed by atoms with Crippen LogP contribution in [0.2, 0.25) is 5.02 Å². The predicted molar refractivity (Wildman–Crippen MR) is 117 cm³/mol. The second-order valence-electron chi connectivity index (χ2n) is 5.93. The van der Waals surface area contributed by atoms with Gasteiger partial charge in [0.1, 0.15) is 6.54 Å². The Morgan fingerprint density at radius 2 is 1.79 bits per heavy atom. The van der Waals surface area contributed by atoms with E-state index in [9.17, 15) is 13.2 Å². The summed E-state index contributed by atoms with van der Waals surface area (Å²) in [6, 6.07) is 12.7. The Labute approximate surface area is 182 Å². The second-order valence-corrected chi connectivity index (χ2v) is 10.3. The van der Waals surface area contributed by atoms with Gasteiger partial charge in [-0.1, -0.05) is 52.4 Å². The highest BCUT2D eigenvalue weighted by molar-refractivity contribution is 8.00. The zero-order chi connectivity index (χ0) is 21.0. The highest BCUT2D eigenvalue weighted by Gasteiger charge is 2.27. The summed E-state index contributed by atoms with van der Waals surface area (Å²) in [5.41, 5.74) is 1.26. The van der Waals surface area contributed by atoms with E-state index in [0.29, 0.717) is 20.2 Å². The fourth-order valence-corrected chi connectivity index (χ4v) is 5.13. The van der Waals surface area contributed by atoms with Gasteiger partial charge < -0.3 is 0 Å². The van der Waals surface area contributed by atoms with Gasteiger partial charge in [-0.05, 0) is 49.6 Å². The number of halogens is 1. The summed E-state index contributed by atoms with van der Waals surface area (Å²) in [7, 11) is -3.98. The van der Waals surface area contributed by atoms with Gasteiger partial charge >= 0.3 is 0 Å². The lowest BCUT2D eigenvalue weighted by Crippen LogP contribution is -2.38. The van der Waals surface area contributed by atoms with E-state index >= 15 is 0 Å². The topological polar surface area (TPSA) is 92.3 Å². The number of carbonyl (C=O) groups is 1. The molecule has 3 rings (SSSR count). The maximum Gasteiger partial charge on any atom is 0.264 e. The Balaban J connectivity index is 1.91. The van der Waals surface area contributed by atoms with E-state index in [1.165, 1.54) is 35.2 Å². The van der Waals surface area contributed by atoms with E-state index in [2.05, 4.69) is 15.5 Å². The van der Waals surface area contributed by atoms with E-state index < -0.39 is 22.5 Å². The van der Waals surface area contributed by atoms with Gasteiger partial charge in [-0.3, -0.25) is 14.4 Å². The van der Waals surface area contributed by atoms with Crippen molar-refractivity contribution >= 4 is 61.4 Å². The van der Waals surface area contributed by atoms with E-state index in [1.807, 2.05) is 13.2 Å². The molecule has 1 amide bonds. The quantitative estimate of drug-likeness (QED) is 0.415. The summed E-state index contributed by atoms with van der Waals surface area (Å²) in [6.45, 7) is 1.44. The molecule has 0 fully saturated rings. The first-order valence-corrected chi connectivity index (χ1v) is 12.2. The lowest BCUT2D eigenvalue weighted by molar-refractivity contribution is -0.114. The van der Waals surface area contributed by atoms with Crippen LogP contribution >= 0.6 is 34.7 Å². The molecule has 0 aliphatic rings. The molecule has 0 aliphatic heterocycles. The molecular weight excluding hydrogens is 452 g/mol. The Morgan fingerprint density at radius 3 is 2.38 bits per heavy atom. The normalized spacial score (nSPS) is 11.3. The molecule has 1 N–H and O–H groups in total. The molecule has 0 spiro atoms. The third-order valence-corrected chi connectivity index (χ3v) is 7.69. The molecule has 1 heterocycles. The van der Waals surface area contributed by atoms with E-state index in [1.54, 1.807) is 36.4 Å². The molecule has 0 atom stereocenters. The van der Waals surface area contributed by atoms with Crippen molar-refractivity contribution in [2.45, 2.75) is 16.2 Å². The third kappa shape index (κ3) is 5.27. The Hall–Kier alpha value is -2.14. The van der Waals surface area contributed by atoms with Crippen molar-refractivity contribution in [2.24, 2.45) is 0 Å². The largest absolute Gasteiger partial charge is 0.299 e. The molecule has 0 unspecified atom stereocenters.